The van der Waals surface area contributed by atoms with Crippen molar-refractivity contribution in [1.29, 1.82) is 10.5 Å². The fourth-order valence-corrected chi connectivity index (χ4v) is 3.40. The Morgan fingerprint density at radius 2 is 1.83 bits per heavy atom. The predicted molar refractivity (Wildman–Crippen MR) is 91.5 cm³/mol. The van der Waals surface area contributed by atoms with E-state index >= 15 is 0 Å². The monoisotopic (exact) mass is 342 g/mol. The number of nitriles is 2. The van der Waals surface area contributed by atoms with Crippen LogP contribution in [-0.2, 0) is 4.74 Å². The lowest BCUT2D eigenvalue weighted by Gasteiger charge is -2.25. The Morgan fingerprint density at radius 3 is 2.33 bits per heavy atom. The Kier molecular flexibility index (Phi) is 5.62. The van der Waals surface area contributed by atoms with Crippen LogP contribution >= 0.6 is 11.8 Å². The number of hydrogen-bond acceptors (Lipinski definition) is 7. The average Bonchev–Trinajstić information content (AvgIpc) is 2.59. The molecule has 124 valence electrons. The fourth-order valence-electron chi connectivity index (χ4n) is 2.42. The molecular weight excluding hydrogens is 324 g/mol. The highest BCUT2D eigenvalue weighted by atomic mass is 32.2. The van der Waals surface area contributed by atoms with Gasteiger partial charge in [0.05, 0.1) is 13.0 Å². The SMILES string of the molecule is CCCSc1cc(OC)ccc1C1C(C#N)=C(N)OC(N)=C1C#N. The van der Waals surface area contributed by atoms with E-state index in [0.29, 0.717) is 5.75 Å². The van der Waals surface area contributed by atoms with Crippen LogP contribution in [0.25, 0.3) is 0 Å². The van der Waals surface area contributed by atoms with Gasteiger partial charge in [-0.15, -0.1) is 11.8 Å². The van der Waals surface area contributed by atoms with Crippen molar-refractivity contribution in [3.8, 4) is 17.9 Å². The smallest absolute Gasteiger partial charge is 0.207 e. The molecule has 0 aromatic heterocycles. The Hall–Kier alpha value is -2.77. The zero-order valence-electron chi connectivity index (χ0n) is 13.5. The van der Waals surface area contributed by atoms with E-state index in [0.717, 1.165) is 22.6 Å². The van der Waals surface area contributed by atoms with Crippen LogP contribution in [0.5, 0.6) is 5.75 Å². The number of ether oxygens (including phenoxy) is 2. The van der Waals surface area contributed by atoms with E-state index in [4.69, 9.17) is 20.9 Å². The molecule has 0 radical (unpaired) electrons. The molecule has 0 atom stereocenters. The van der Waals surface area contributed by atoms with Crippen LogP contribution < -0.4 is 16.2 Å². The average molecular weight is 342 g/mol. The Balaban J connectivity index is 2.64. The molecule has 24 heavy (non-hydrogen) atoms. The van der Waals surface area contributed by atoms with Gasteiger partial charge in [0.2, 0.25) is 11.8 Å². The van der Waals surface area contributed by atoms with Gasteiger partial charge in [-0.2, -0.15) is 10.5 Å². The lowest BCUT2D eigenvalue weighted by atomic mass is 9.84. The van der Waals surface area contributed by atoms with E-state index in [-0.39, 0.29) is 22.9 Å². The van der Waals surface area contributed by atoms with Crippen molar-refractivity contribution in [3.05, 3.63) is 46.7 Å². The summed E-state index contributed by atoms with van der Waals surface area (Å²) in [4.78, 5) is 0.921. The van der Waals surface area contributed by atoms with Crippen LogP contribution in [0.15, 0.2) is 46.0 Å². The Bertz CT molecular complexity index is 751. The zero-order valence-corrected chi connectivity index (χ0v) is 14.3. The van der Waals surface area contributed by atoms with Crippen LogP contribution in [-0.4, -0.2) is 12.9 Å². The van der Waals surface area contributed by atoms with Crippen molar-refractivity contribution in [3.63, 3.8) is 0 Å². The maximum absolute atomic E-state index is 9.49. The molecular formula is C17H18N4O2S. The standard InChI is InChI=1S/C17H18N4O2S/c1-3-6-24-14-7-10(22-2)4-5-11(14)15-12(8-18)16(20)23-17(21)13(15)9-19/h4-5,7,15H,3,6,20-21H2,1-2H3. The van der Waals surface area contributed by atoms with E-state index in [9.17, 15) is 10.5 Å². The molecule has 1 aromatic rings. The summed E-state index contributed by atoms with van der Waals surface area (Å²) in [6.45, 7) is 2.08. The Labute approximate surface area is 145 Å². The van der Waals surface area contributed by atoms with E-state index in [1.54, 1.807) is 24.9 Å². The molecule has 0 unspecified atom stereocenters. The molecule has 1 aliphatic rings. The fraction of sp³-hybridized carbons (Fsp3) is 0.294. The number of rotatable bonds is 5. The maximum atomic E-state index is 9.49. The minimum atomic E-state index is -0.640. The summed E-state index contributed by atoms with van der Waals surface area (Å²) in [5.74, 6) is 0.822. The molecule has 7 heteroatoms. The van der Waals surface area contributed by atoms with Gasteiger partial charge in [-0.1, -0.05) is 13.0 Å². The van der Waals surface area contributed by atoms with Gasteiger partial charge in [-0.25, -0.2) is 0 Å². The molecule has 0 aliphatic carbocycles. The van der Waals surface area contributed by atoms with Crippen molar-refractivity contribution in [1.82, 2.24) is 0 Å². The minimum absolute atomic E-state index is 0.0683. The number of hydrogen-bond donors (Lipinski definition) is 2. The highest BCUT2D eigenvalue weighted by molar-refractivity contribution is 7.99. The summed E-state index contributed by atoms with van der Waals surface area (Å²) in [6, 6.07) is 9.61. The molecule has 0 saturated heterocycles. The lowest BCUT2D eigenvalue weighted by molar-refractivity contribution is 0.277. The summed E-state index contributed by atoms with van der Waals surface area (Å²) < 4.78 is 10.4. The molecule has 1 aliphatic heterocycles. The third-order valence-electron chi connectivity index (χ3n) is 3.56. The van der Waals surface area contributed by atoms with E-state index in [1.807, 2.05) is 24.3 Å². The quantitative estimate of drug-likeness (QED) is 0.790. The first-order valence-corrected chi connectivity index (χ1v) is 8.33. The molecule has 6 nitrogen and oxygen atoms in total. The second-order valence-electron chi connectivity index (χ2n) is 5.07. The van der Waals surface area contributed by atoms with Gasteiger partial charge < -0.3 is 20.9 Å². The second kappa shape index (κ2) is 7.67. The van der Waals surface area contributed by atoms with Crippen LogP contribution in [0.4, 0.5) is 0 Å². The molecule has 0 amide bonds. The van der Waals surface area contributed by atoms with Crippen molar-refractivity contribution in [2.24, 2.45) is 11.5 Å². The van der Waals surface area contributed by atoms with Gasteiger partial charge >= 0.3 is 0 Å². The normalized spacial score (nSPS) is 14.8. The molecule has 0 spiro atoms. The van der Waals surface area contributed by atoms with Gasteiger partial charge in [0.1, 0.15) is 29.0 Å². The lowest BCUT2D eigenvalue weighted by Crippen LogP contribution is -2.24. The summed E-state index contributed by atoms with van der Waals surface area (Å²) in [5, 5.41) is 19.0. The third kappa shape index (κ3) is 3.27. The molecule has 1 aromatic carbocycles. The number of nitrogens with zero attached hydrogens (tertiary/aromatic N) is 2. The Morgan fingerprint density at radius 1 is 1.21 bits per heavy atom. The van der Waals surface area contributed by atoms with Crippen molar-refractivity contribution in [2.45, 2.75) is 24.2 Å². The predicted octanol–water partition coefficient (Wildman–Crippen LogP) is 2.70. The number of methoxy groups -OCH3 is 1. The second-order valence-corrected chi connectivity index (χ2v) is 6.20. The van der Waals surface area contributed by atoms with Crippen molar-refractivity contribution >= 4 is 11.8 Å². The first-order valence-electron chi connectivity index (χ1n) is 7.35. The summed E-state index contributed by atoms with van der Waals surface area (Å²) in [5.41, 5.74) is 12.8. The molecule has 0 saturated carbocycles. The van der Waals surface area contributed by atoms with Crippen molar-refractivity contribution < 1.29 is 9.47 Å². The number of allylic oxidation sites excluding steroid dienone is 2. The number of nitrogens with two attached hydrogens (primary N) is 2. The van der Waals surface area contributed by atoms with Crippen LogP contribution in [0, 0.1) is 22.7 Å². The van der Waals surface area contributed by atoms with Gasteiger partial charge in [0, 0.05) is 4.90 Å². The van der Waals surface area contributed by atoms with Gasteiger partial charge in [0.25, 0.3) is 0 Å². The van der Waals surface area contributed by atoms with Gasteiger partial charge in [-0.3, -0.25) is 0 Å². The zero-order chi connectivity index (χ0) is 17.7. The van der Waals surface area contributed by atoms with E-state index < -0.39 is 5.92 Å². The third-order valence-corrected chi connectivity index (χ3v) is 4.84. The molecule has 1 heterocycles. The van der Waals surface area contributed by atoms with Crippen LogP contribution in [0.2, 0.25) is 0 Å². The van der Waals surface area contributed by atoms with Crippen LogP contribution in [0.1, 0.15) is 24.8 Å². The highest BCUT2D eigenvalue weighted by Gasteiger charge is 2.33. The van der Waals surface area contributed by atoms with Gasteiger partial charge in [0.15, 0.2) is 0 Å². The molecule has 4 N–H and O–H groups in total. The first-order chi connectivity index (χ1) is 11.6. The summed E-state index contributed by atoms with van der Waals surface area (Å²) >= 11 is 1.63. The van der Waals surface area contributed by atoms with E-state index in [1.165, 1.54) is 0 Å². The maximum Gasteiger partial charge on any atom is 0.207 e. The largest absolute Gasteiger partial charge is 0.497 e. The molecule has 0 fully saturated rings. The molecule has 2 rings (SSSR count). The molecule has 0 bridgehead atoms. The topological polar surface area (TPSA) is 118 Å². The summed E-state index contributed by atoms with van der Waals surface area (Å²) in [6.07, 6.45) is 0.987. The van der Waals surface area contributed by atoms with Crippen molar-refractivity contribution in [2.75, 3.05) is 12.9 Å². The van der Waals surface area contributed by atoms with Crippen LogP contribution in [0.3, 0.4) is 0 Å². The summed E-state index contributed by atoms with van der Waals surface area (Å²) in [7, 11) is 1.59. The highest BCUT2D eigenvalue weighted by Crippen LogP contribution is 2.42. The van der Waals surface area contributed by atoms with Gasteiger partial charge in [-0.05, 0) is 29.9 Å². The number of benzene rings is 1. The number of thioether (sulfide) groups is 1. The first kappa shape index (κ1) is 17.6. The van der Waals surface area contributed by atoms with E-state index in [2.05, 4.69) is 6.92 Å². The minimum Gasteiger partial charge on any atom is -0.497 e.